The number of fused-ring (bicyclic) bond motifs is 1. The molecule has 2 heterocycles. The van der Waals surface area contributed by atoms with Crippen LogP contribution in [0.3, 0.4) is 0 Å². The lowest BCUT2D eigenvalue weighted by Crippen LogP contribution is -2.54. The van der Waals surface area contributed by atoms with Crippen LogP contribution in [0.4, 0.5) is 11.4 Å². The van der Waals surface area contributed by atoms with Gasteiger partial charge in [-0.3, -0.25) is 0 Å². The van der Waals surface area contributed by atoms with E-state index >= 15 is 0 Å². The summed E-state index contributed by atoms with van der Waals surface area (Å²) >= 11 is 12.2. The lowest BCUT2D eigenvalue weighted by Gasteiger charge is -2.43. The molecule has 2 aliphatic rings. The minimum Gasteiger partial charge on any atom is -0.381 e. The molecule has 1 aromatic rings. The molecule has 0 aromatic heterocycles. The van der Waals surface area contributed by atoms with E-state index in [-0.39, 0.29) is 5.54 Å². The molecular formula is C12H15Cl2N3. The topological polar surface area (TPSA) is 36.1 Å². The molecular weight excluding hydrogens is 257 g/mol. The normalized spacial score (nSPS) is 21.5. The Kier molecular flexibility index (Phi) is 2.85. The number of anilines is 2. The molecule has 2 aliphatic heterocycles. The molecule has 5 heteroatoms. The quantitative estimate of drug-likeness (QED) is 0.679. The van der Waals surface area contributed by atoms with Crippen LogP contribution in [0.25, 0.3) is 0 Å². The minimum absolute atomic E-state index is 0.135. The van der Waals surface area contributed by atoms with Crippen molar-refractivity contribution in [2.75, 3.05) is 30.3 Å². The van der Waals surface area contributed by atoms with Gasteiger partial charge in [-0.05, 0) is 38.1 Å². The monoisotopic (exact) mass is 271 g/mol. The zero-order chi connectivity index (χ0) is 11.9. The van der Waals surface area contributed by atoms with Crippen LogP contribution in [0.5, 0.6) is 0 Å². The van der Waals surface area contributed by atoms with E-state index in [9.17, 15) is 0 Å². The van der Waals surface area contributed by atoms with Gasteiger partial charge in [0.1, 0.15) is 0 Å². The van der Waals surface area contributed by atoms with Crippen LogP contribution < -0.4 is 16.0 Å². The Morgan fingerprint density at radius 2 is 1.88 bits per heavy atom. The van der Waals surface area contributed by atoms with Crippen LogP contribution in [-0.4, -0.2) is 25.2 Å². The standard InChI is InChI=1S/C12H15Cl2N3/c13-8-5-9(14)11-10(6-8)16-7-12(17-11)1-3-15-4-2-12/h5-6,15-17H,1-4,7H2. The van der Waals surface area contributed by atoms with E-state index in [2.05, 4.69) is 16.0 Å². The van der Waals surface area contributed by atoms with E-state index in [0.29, 0.717) is 10.0 Å². The molecule has 3 rings (SSSR count). The van der Waals surface area contributed by atoms with E-state index in [4.69, 9.17) is 23.2 Å². The van der Waals surface area contributed by atoms with Crippen molar-refractivity contribution in [3.63, 3.8) is 0 Å². The summed E-state index contributed by atoms with van der Waals surface area (Å²) in [5.74, 6) is 0. The molecule has 0 amide bonds. The van der Waals surface area contributed by atoms with Crippen LogP contribution in [0.1, 0.15) is 12.8 Å². The van der Waals surface area contributed by atoms with Crippen LogP contribution in [0.15, 0.2) is 12.1 Å². The van der Waals surface area contributed by atoms with Gasteiger partial charge in [0.15, 0.2) is 0 Å². The van der Waals surface area contributed by atoms with Crippen molar-refractivity contribution in [2.24, 2.45) is 0 Å². The highest BCUT2D eigenvalue weighted by Crippen LogP contribution is 2.40. The molecule has 0 bridgehead atoms. The second-order valence-electron chi connectivity index (χ2n) is 4.82. The zero-order valence-electron chi connectivity index (χ0n) is 9.45. The summed E-state index contributed by atoms with van der Waals surface area (Å²) in [5, 5.41) is 11.8. The Hall–Kier alpha value is -0.640. The average Bonchev–Trinajstić information content (AvgIpc) is 2.32. The summed E-state index contributed by atoms with van der Waals surface area (Å²) in [7, 11) is 0. The predicted octanol–water partition coefficient (Wildman–Crippen LogP) is 2.95. The number of nitrogens with one attached hydrogen (secondary N) is 3. The van der Waals surface area contributed by atoms with Gasteiger partial charge in [0.05, 0.1) is 21.9 Å². The summed E-state index contributed by atoms with van der Waals surface area (Å²) < 4.78 is 0. The van der Waals surface area contributed by atoms with Gasteiger partial charge in [-0.2, -0.15) is 0 Å². The fourth-order valence-electron chi connectivity index (χ4n) is 2.62. The molecule has 1 saturated heterocycles. The van der Waals surface area contributed by atoms with Crippen LogP contribution in [0.2, 0.25) is 10.0 Å². The van der Waals surface area contributed by atoms with Crippen molar-refractivity contribution in [2.45, 2.75) is 18.4 Å². The van der Waals surface area contributed by atoms with Gasteiger partial charge in [-0.1, -0.05) is 23.2 Å². The first-order valence-electron chi connectivity index (χ1n) is 5.90. The maximum absolute atomic E-state index is 6.25. The first-order chi connectivity index (χ1) is 8.19. The van der Waals surface area contributed by atoms with E-state index in [1.165, 1.54) is 0 Å². The van der Waals surface area contributed by atoms with Crippen molar-refractivity contribution in [1.82, 2.24) is 5.32 Å². The van der Waals surface area contributed by atoms with Crippen molar-refractivity contribution in [1.29, 1.82) is 0 Å². The number of piperidine rings is 1. The predicted molar refractivity (Wildman–Crippen MR) is 73.4 cm³/mol. The summed E-state index contributed by atoms with van der Waals surface area (Å²) in [5.41, 5.74) is 2.13. The van der Waals surface area contributed by atoms with Gasteiger partial charge in [-0.15, -0.1) is 0 Å². The van der Waals surface area contributed by atoms with Gasteiger partial charge in [0.25, 0.3) is 0 Å². The van der Waals surface area contributed by atoms with Crippen LogP contribution in [0, 0.1) is 0 Å². The first kappa shape index (κ1) is 11.5. The van der Waals surface area contributed by atoms with Gasteiger partial charge in [0.2, 0.25) is 0 Å². The van der Waals surface area contributed by atoms with Gasteiger partial charge < -0.3 is 16.0 Å². The Bertz CT molecular complexity index is 442. The third-order valence-electron chi connectivity index (χ3n) is 3.62. The van der Waals surface area contributed by atoms with Crippen molar-refractivity contribution >= 4 is 34.6 Å². The smallest absolute Gasteiger partial charge is 0.0771 e. The number of rotatable bonds is 0. The molecule has 3 N–H and O–H groups in total. The molecule has 0 aliphatic carbocycles. The Morgan fingerprint density at radius 3 is 2.65 bits per heavy atom. The largest absolute Gasteiger partial charge is 0.381 e. The summed E-state index contributed by atoms with van der Waals surface area (Å²) in [6.45, 7) is 3.03. The molecule has 1 spiro atoms. The van der Waals surface area contributed by atoms with E-state index in [0.717, 1.165) is 43.9 Å². The van der Waals surface area contributed by atoms with E-state index in [1.54, 1.807) is 6.07 Å². The van der Waals surface area contributed by atoms with Crippen LogP contribution in [-0.2, 0) is 0 Å². The third kappa shape index (κ3) is 2.07. The highest BCUT2D eigenvalue weighted by atomic mass is 35.5. The second kappa shape index (κ2) is 4.23. The summed E-state index contributed by atoms with van der Waals surface area (Å²) in [4.78, 5) is 0. The number of hydrogen-bond donors (Lipinski definition) is 3. The SMILES string of the molecule is Clc1cc(Cl)c2c(c1)NCC1(CCNCC1)N2. The summed E-state index contributed by atoms with van der Waals surface area (Å²) in [6, 6.07) is 3.71. The number of halogens is 2. The maximum atomic E-state index is 6.25. The van der Waals surface area contributed by atoms with Gasteiger partial charge in [-0.25, -0.2) is 0 Å². The molecule has 1 aromatic carbocycles. The minimum atomic E-state index is 0.135. The molecule has 1 fully saturated rings. The lowest BCUT2D eigenvalue weighted by atomic mass is 9.86. The molecule has 0 unspecified atom stereocenters. The zero-order valence-corrected chi connectivity index (χ0v) is 11.0. The molecule has 17 heavy (non-hydrogen) atoms. The fourth-order valence-corrected chi connectivity index (χ4v) is 3.16. The molecule has 92 valence electrons. The maximum Gasteiger partial charge on any atom is 0.0771 e. The summed E-state index contributed by atoms with van der Waals surface area (Å²) in [6.07, 6.45) is 2.22. The molecule has 0 atom stereocenters. The highest BCUT2D eigenvalue weighted by Gasteiger charge is 2.35. The number of hydrogen-bond acceptors (Lipinski definition) is 3. The van der Waals surface area contributed by atoms with E-state index < -0.39 is 0 Å². The Balaban J connectivity index is 1.94. The third-order valence-corrected chi connectivity index (χ3v) is 4.14. The highest BCUT2D eigenvalue weighted by molar-refractivity contribution is 6.37. The van der Waals surface area contributed by atoms with Gasteiger partial charge >= 0.3 is 0 Å². The van der Waals surface area contributed by atoms with Crippen molar-refractivity contribution in [3.8, 4) is 0 Å². The second-order valence-corrected chi connectivity index (χ2v) is 5.66. The molecule has 3 nitrogen and oxygen atoms in total. The first-order valence-corrected chi connectivity index (χ1v) is 6.66. The van der Waals surface area contributed by atoms with E-state index in [1.807, 2.05) is 6.07 Å². The lowest BCUT2D eigenvalue weighted by molar-refractivity contribution is 0.349. The molecule has 0 radical (unpaired) electrons. The fraction of sp³-hybridized carbons (Fsp3) is 0.500. The average molecular weight is 272 g/mol. The Labute approximate surface area is 111 Å². The van der Waals surface area contributed by atoms with Gasteiger partial charge in [0, 0.05) is 11.6 Å². The van der Waals surface area contributed by atoms with Crippen molar-refractivity contribution < 1.29 is 0 Å². The van der Waals surface area contributed by atoms with Crippen LogP contribution >= 0.6 is 23.2 Å². The number of benzene rings is 1. The Morgan fingerprint density at radius 1 is 1.12 bits per heavy atom. The van der Waals surface area contributed by atoms with Crippen molar-refractivity contribution in [3.05, 3.63) is 22.2 Å². The molecule has 0 saturated carbocycles.